The highest BCUT2D eigenvalue weighted by Gasteiger charge is 2.17. The number of rotatable bonds is 6. The van der Waals surface area contributed by atoms with E-state index in [9.17, 15) is 4.39 Å². The van der Waals surface area contributed by atoms with Crippen molar-refractivity contribution < 1.29 is 9.13 Å². The van der Waals surface area contributed by atoms with Gasteiger partial charge in [-0.3, -0.25) is 0 Å². The van der Waals surface area contributed by atoms with Crippen LogP contribution in [0.1, 0.15) is 12.5 Å². The zero-order valence-electron chi connectivity index (χ0n) is 18.3. The van der Waals surface area contributed by atoms with Gasteiger partial charge in [-0.05, 0) is 66.6 Å². The second kappa shape index (κ2) is 8.79. The largest absolute Gasteiger partial charge is 0.488 e. The highest BCUT2D eigenvalue weighted by Crippen LogP contribution is 2.38. The summed E-state index contributed by atoms with van der Waals surface area (Å²) in [5.74, 6) is 0.561. The maximum absolute atomic E-state index is 14.4. The molecule has 0 saturated carbocycles. The summed E-state index contributed by atoms with van der Waals surface area (Å²) >= 11 is 0. The van der Waals surface area contributed by atoms with Crippen molar-refractivity contribution >= 4 is 16.7 Å². The Morgan fingerprint density at radius 2 is 1.76 bits per heavy atom. The number of anilines is 1. The SMILES string of the molecule is CCn1ccc2cc(-c3ccc(N)nc3-c3cc(F)ccc3OCc3ccccc3)ccc21. The number of pyridine rings is 1. The Labute approximate surface area is 192 Å². The van der Waals surface area contributed by atoms with E-state index in [4.69, 9.17) is 10.5 Å². The van der Waals surface area contributed by atoms with Gasteiger partial charge in [-0.1, -0.05) is 36.4 Å². The van der Waals surface area contributed by atoms with Gasteiger partial charge in [0.2, 0.25) is 0 Å². The van der Waals surface area contributed by atoms with Gasteiger partial charge in [-0.25, -0.2) is 9.37 Å². The molecule has 0 amide bonds. The molecule has 3 aromatic carbocycles. The van der Waals surface area contributed by atoms with E-state index in [2.05, 4.69) is 46.9 Å². The van der Waals surface area contributed by atoms with Crippen LogP contribution in [0.5, 0.6) is 5.75 Å². The highest BCUT2D eigenvalue weighted by molar-refractivity contribution is 5.90. The molecule has 0 aliphatic rings. The molecule has 5 aromatic rings. The molecule has 0 radical (unpaired) electrons. The van der Waals surface area contributed by atoms with Crippen molar-refractivity contribution in [2.24, 2.45) is 0 Å². The molecule has 2 N–H and O–H groups in total. The summed E-state index contributed by atoms with van der Waals surface area (Å²) in [6, 6.07) is 26.5. The first-order valence-electron chi connectivity index (χ1n) is 10.9. The van der Waals surface area contributed by atoms with Gasteiger partial charge in [0.1, 0.15) is 24.0 Å². The van der Waals surface area contributed by atoms with Gasteiger partial charge < -0.3 is 15.0 Å². The van der Waals surface area contributed by atoms with Crippen LogP contribution in [0.25, 0.3) is 33.3 Å². The van der Waals surface area contributed by atoms with E-state index in [1.165, 1.54) is 17.6 Å². The van der Waals surface area contributed by atoms with Crippen LogP contribution in [0.3, 0.4) is 0 Å². The predicted octanol–water partition coefficient (Wildman–Crippen LogP) is 6.69. The Hall–Kier alpha value is -4.12. The van der Waals surface area contributed by atoms with Crippen molar-refractivity contribution in [1.29, 1.82) is 0 Å². The summed E-state index contributed by atoms with van der Waals surface area (Å²) in [5, 5.41) is 1.14. The van der Waals surface area contributed by atoms with Gasteiger partial charge in [0.25, 0.3) is 0 Å². The normalized spacial score (nSPS) is 11.1. The number of aryl methyl sites for hydroxylation is 1. The summed E-state index contributed by atoms with van der Waals surface area (Å²) < 4.78 is 22.7. The second-order valence-corrected chi connectivity index (χ2v) is 7.92. The third-order valence-electron chi connectivity index (χ3n) is 5.77. The molecule has 0 spiro atoms. The third kappa shape index (κ3) is 4.17. The molecule has 0 aliphatic heterocycles. The number of ether oxygens (including phenoxy) is 1. The van der Waals surface area contributed by atoms with Gasteiger partial charge in [0.05, 0.1) is 5.69 Å². The summed E-state index contributed by atoms with van der Waals surface area (Å²) in [6.45, 7) is 3.40. The molecule has 0 atom stereocenters. The molecule has 5 rings (SSSR count). The lowest BCUT2D eigenvalue weighted by Gasteiger charge is -2.15. The lowest BCUT2D eigenvalue weighted by Crippen LogP contribution is -2.00. The molecule has 2 heterocycles. The zero-order valence-corrected chi connectivity index (χ0v) is 18.3. The third-order valence-corrected chi connectivity index (χ3v) is 5.77. The lowest BCUT2D eigenvalue weighted by atomic mass is 9.97. The van der Waals surface area contributed by atoms with E-state index in [0.717, 1.165) is 28.6 Å². The summed E-state index contributed by atoms with van der Waals surface area (Å²) in [7, 11) is 0. The fourth-order valence-electron chi connectivity index (χ4n) is 4.10. The molecule has 0 unspecified atom stereocenters. The van der Waals surface area contributed by atoms with Gasteiger partial charge in [0.15, 0.2) is 0 Å². The Balaban J connectivity index is 1.60. The molecule has 0 fully saturated rings. The van der Waals surface area contributed by atoms with Crippen LogP contribution >= 0.6 is 0 Å². The van der Waals surface area contributed by atoms with E-state index < -0.39 is 0 Å². The maximum atomic E-state index is 14.4. The van der Waals surface area contributed by atoms with Crippen molar-refractivity contribution in [3.63, 3.8) is 0 Å². The van der Waals surface area contributed by atoms with Crippen LogP contribution in [0.15, 0.2) is 91.1 Å². The van der Waals surface area contributed by atoms with E-state index in [1.54, 1.807) is 12.1 Å². The minimum absolute atomic E-state index is 0.359. The van der Waals surface area contributed by atoms with Crippen LogP contribution in [0, 0.1) is 5.82 Å². The first-order valence-corrected chi connectivity index (χ1v) is 10.9. The zero-order chi connectivity index (χ0) is 22.8. The summed E-state index contributed by atoms with van der Waals surface area (Å²) in [6.07, 6.45) is 2.08. The van der Waals surface area contributed by atoms with Gasteiger partial charge >= 0.3 is 0 Å². The Kier molecular flexibility index (Phi) is 5.53. The number of nitrogens with zero attached hydrogens (tertiary/aromatic N) is 2. The van der Waals surface area contributed by atoms with E-state index in [1.807, 2.05) is 36.4 Å². The smallest absolute Gasteiger partial charge is 0.129 e. The molecule has 4 nitrogen and oxygen atoms in total. The molecule has 0 saturated heterocycles. The monoisotopic (exact) mass is 437 g/mol. The van der Waals surface area contributed by atoms with Gasteiger partial charge in [-0.2, -0.15) is 0 Å². The number of hydrogen-bond donors (Lipinski definition) is 1. The quantitative estimate of drug-likeness (QED) is 0.322. The van der Waals surface area contributed by atoms with Crippen LogP contribution in [-0.4, -0.2) is 9.55 Å². The van der Waals surface area contributed by atoms with Gasteiger partial charge in [-0.15, -0.1) is 0 Å². The average molecular weight is 438 g/mol. The topological polar surface area (TPSA) is 53.1 Å². The summed E-state index contributed by atoms with van der Waals surface area (Å²) in [4.78, 5) is 4.60. The molecular formula is C28H24FN3O. The Bertz CT molecular complexity index is 1430. The number of aromatic nitrogens is 2. The highest BCUT2D eigenvalue weighted by atomic mass is 19.1. The molecule has 0 bridgehead atoms. The van der Waals surface area contributed by atoms with Crippen molar-refractivity contribution in [2.45, 2.75) is 20.1 Å². The molecular weight excluding hydrogens is 413 g/mol. The minimum atomic E-state index is -0.359. The lowest BCUT2D eigenvalue weighted by molar-refractivity contribution is 0.307. The van der Waals surface area contributed by atoms with Crippen LogP contribution in [-0.2, 0) is 13.2 Å². The fraction of sp³-hybridized carbons (Fsp3) is 0.107. The molecule has 0 aliphatic carbocycles. The summed E-state index contributed by atoms with van der Waals surface area (Å²) in [5.41, 5.74) is 11.3. The van der Waals surface area contributed by atoms with E-state index in [0.29, 0.717) is 29.4 Å². The molecule has 33 heavy (non-hydrogen) atoms. The van der Waals surface area contributed by atoms with E-state index in [-0.39, 0.29) is 5.82 Å². The average Bonchev–Trinajstić information content (AvgIpc) is 3.26. The van der Waals surface area contributed by atoms with Crippen molar-refractivity contribution in [3.8, 4) is 28.1 Å². The van der Waals surface area contributed by atoms with Crippen molar-refractivity contribution in [1.82, 2.24) is 9.55 Å². The van der Waals surface area contributed by atoms with Gasteiger partial charge in [0, 0.05) is 34.8 Å². The van der Waals surface area contributed by atoms with Crippen LogP contribution in [0.4, 0.5) is 10.2 Å². The number of nitrogen functional groups attached to an aromatic ring is 1. The number of nitrogens with two attached hydrogens (primary N) is 1. The number of fused-ring (bicyclic) bond motifs is 1. The van der Waals surface area contributed by atoms with Crippen LogP contribution in [0.2, 0.25) is 0 Å². The van der Waals surface area contributed by atoms with Crippen molar-refractivity contribution in [2.75, 3.05) is 5.73 Å². The standard InChI is InChI=1S/C28H24FN3O/c1-2-32-15-14-21-16-20(8-11-25(21)32)23-10-13-27(30)31-28(23)24-17-22(29)9-12-26(24)33-18-19-6-4-3-5-7-19/h3-17H,2,18H2,1H3,(H2,30,31). The molecule has 164 valence electrons. The maximum Gasteiger partial charge on any atom is 0.129 e. The fourth-order valence-corrected chi connectivity index (χ4v) is 4.10. The minimum Gasteiger partial charge on any atom is -0.488 e. The molecule has 5 heteroatoms. The number of benzene rings is 3. The predicted molar refractivity (Wildman–Crippen MR) is 131 cm³/mol. The Morgan fingerprint density at radius 1 is 0.909 bits per heavy atom. The first kappa shape index (κ1) is 20.8. The van der Waals surface area contributed by atoms with Crippen molar-refractivity contribution in [3.05, 3.63) is 103 Å². The first-order chi connectivity index (χ1) is 16.1. The second-order valence-electron chi connectivity index (χ2n) is 7.92. The van der Waals surface area contributed by atoms with E-state index >= 15 is 0 Å². The number of hydrogen-bond acceptors (Lipinski definition) is 3. The van der Waals surface area contributed by atoms with Crippen LogP contribution < -0.4 is 10.5 Å². The number of halogens is 1. The Morgan fingerprint density at radius 3 is 2.58 bits per heavy atom. The molecule has 2 aromatic heterocycles.